The summed E-state index contributed by atoms with van der Waals surface area (Å²) in [6, 6.07) is 5.86. The second kappa shape index (κ2) is 5.79. The molecule has 0 fully saturated rings. The molecular weight excluding hydrogens is 264 g/mol. The fourth-order valence-corrected chi connectivity index (χ4v) is 2.67. The number of aryl methyl sites for hydroxylation is 1. The van der Waals surface area contributed by atoms with Crippen molar-refractivity contribution in [2.45, 2.75) is 26.2 Å². The SMILES string of the molecule is Cc1cccc2sc(NC(=O)CCCC(=O)[O-])nc12. The van der Waals surface area contributed by atoms with E-state index in [1.54, 1.807) is 0 Å². The molecule has 0 atom stereocenters. The molecule has 0 unspecified atom stereocenters. The molecule has 0 aliphatic rings. The Hall–Kier alpha value is -1.95. The number of thiazole rings is 1. The highest BCUT2D eigenvalue weighted by Crippen LogP contribution is 2.27. The smallest absolute Gasteiger partial charge is 0.226 e. The lowest BCUT2D eigenvalue weighted by molar-refractivity contribution is -0.305. The fraction of sp³-hybridized carbons (Fsp3) is 0.308. The quantitative estimate of drug-likeness (QED) is 0.897. The maximum absolute atomic E-state index is 11.6. The molecule has 0 bridgehead atoms. The molecular formula is C13H13N2O3S-. The zero-order chi connectivity index (χ0) is 13.8. The van der Waals surface area contributed by atoms with Gasteiger partial charge in [-0.25, -0.2) is 4.98 Å². The van der Waals surface area contributed by atoms with E-state index in [4.69, 9.17) is 0 Å². The Balaban J connectivity index is 1.99. The lowest BCUT2D eigenvalue weighted by atomic mass is 10.2. The van der Waals surface area contributed by atoms with Crippen LogP contribution in [0.4, 0.5) is 5.13 Å². The van der Waals surface area contributed by atoms with Gasteiger partial charge in [0.05, 0.1) is 10.2 Å². The molecule has 1 N–H and O–H groups in total. The van der Waals surface area contributed by atoms with Gasteiger partial charge in [0.1, 0.15) is 0 Å². The van der Waals surface area contributed by atoms with Gasteiger partial charge in [0.15, 0.2) is 5.13 Å². The van der Waals surface area contributed by atoms with Gasteiger partial charge >= 0.3 is 0 Å². The van der Waals surface area contributed by atoms with Crippen molar-refractivity contribution in [3.8, 4) is 0 Å². The van der Waals surface area contributed by atoms with Crippen LogP contribution in [0.3, 0.4) is 0 Å². The number of benzene rings is 1. The summed E-state index contributed by atoms with van der Waals surface area (Å²) in [4.78, 5) is 26.2. The average Bonchev–Trinajstić information content (AvgIpc) is 2.72. The number of hydrogen-bond donors (Lipinski definition) is 1. The Bertz CT molecular complexity index is 621. The molecule has 2 aromatic rings. The van der Waals surface area contributed by atoms with Crippen LogP contribution in [-0.2, 0) is 9.59 Å². The van der Waals surface area contributed by atoms with Crippen molar-refractivity contribution in [3.63, 3.8) is 0 Å². The first-order chi connectivity index (χ1) is 9.06. The Labute approximate surface area is 114 Å². The summed E-state index contributed by atoms with van der Waals surface area (Å²) in [5.41, 5.74) is 1.95. The highest BCUT2D eigenvalue weighted by molar-refractivity contribution is 7.22. The molecule has 0 saturated carbocycles. The molecule has 19 heavy (non-hydrogen) atoms. The molecule has 6 heteroatoms. The van der Waals surface area contributed by atoms with Crippen molar-refractivity contribution < 1.29 is 14.7 Å². The topological polar surface area (TPSA) is 82.1 Å². The lowest BCUT2D eigenvalue weighted by Crippen LogP contribution is -2.22. The van der Waals surface area contributed by atoms with Gasteiger partial charge in [-0.2, -0.15) is 0 Å². The number of para-hydroxylation sites is 1. The molecule has 1 aromatic carbocycles. The van der Waals surface area contributed by atoms with E-state index in [2.05, 4.69) is 10.3 Å². The average molecular weight is 277 g/mol. The largest absolute Gasteiger partial charge is 0.550 e. The number of aliphatic carboxylic acids is 1. The van der Waals surface area contributed by atoms with Crippen LogP contribution >= 0.6 is 11.3 Å². The molecule has 1 aromatic heterocycles. The van der Waals surface area contributed by atoms with E-state index >= 15 is 0 Å². The minimum atomic E-state index is -1.14. The highest BCUT2D eigenvalue weighted by Gasteiger charge is 2.08. The van der Waals surface area contributed by atoms with E-state index in [-0.39, 0.29) is 25.2 Å². The number of aromatic nitrogens is 1. The van der Waals surface area contributed by atoms with Crippen LogP contribution in [-0.4, -0.2) is 16.9 Å². The molecule has 1 heterocycles. The summed E-state index contributed by atoms with van der Waals surface area (Å²) in [5, 5.41) is 13.5. The minimum Gasteiger partial charge on any atom is -0.550 e. The Kier molecular flexibility index (Phi) is 4.11. The van der Waals surface area contributed by atoms with Gasteiger partial charge in [0, 0.05) is 12.4 Å². The van der Waals surface area contributed by atoms with Crippen LogP contribution in [0.5, 0.6) is 0 Å². The van der Waals surface area contributed by atoms with Crippen molar-refractivity contribution in [1.29, 1.82) is 0 Å². The van der Waals surface area contributed by atoms with Crippen LogP contribution < -0.4 is 10.4 Å². The zero-order valence-corrected chi connectivity index (χ0v) is 11.3. The Morgan fingerprint density at radius 1 is 1.37 bits per heavy atom. The second-order valence-electron chi connectivity index (χ2n) is 4.21. The van der Waals surface area contributed by atoms with Crippen molar-refractivity contribution in [2.75, 3.05) is 5.32 Å². The number of amides is 1. The molecule has 0 spiro atoms. The standard InChI is InChI=1S/C13H14N2O3S/c1-8-4-2-5-9-12(8)15-13(19-9)14-10(16)6-3-7-11(17)18/h2,4-5H,3,6-7H2,1H3,(H,17,18)(H,14,15,16)/p-1. The van der Waals surface area contributed by atoms with Crippen LogP contribution in [0, 0.1) is 6.92 Å². The lowest BCUT2D eigenvalue weighted by Gasteiger charge is -2.02. The molecule has 100 valence electrons. The van der Waals surface area contributed by atoms with E-state index in [1.165, 1.54) is 11.3 Å². The van der Waals surface area contributed by atoms with Crippen LogP contribution in [0.1, 0.15) is 24.8 Å². The maximum Gasteiger partial charge on any atom is 0.226 e. The van der Waals surface area contributed by atoms with Gasteiger partial charge in [0.25, 0.3) is 0 Å². The number of rotatable bonds is 5. The molecule has 5 nitrogen and oxygen atoms in total. The second-order valence-corrected chi connectivity index (χ2v) is 5.25. The molecule has 0 saturated heterocycles. The van der Waals surface area contributed by atoms with Gasteiger partial charge in [-0.1, -0.05) is 23.5 Å². The van der Waals surface area contributed by atoms with Gasteiger partial charge in [-0.3, -0.25) is 4.79 Å². The minimum absolute atomic E-state index is 0.105. The number of anilines is 1. The first-order valence-corrected chi connectivity index (χ1v) is 6.74. The van der Waals surface area contributed by atoms with Crippen molar-refractivity contribution in [1.82, 2.24) is 4.98 Å². The zero-order valence-electron chi connectivity index (χ0n) is 10.4. The fourth-order valence-electron chi connectivity index (χ4n) is 1.71. The first kappa shape index (κ1) is 13.5. The molecule has 2 rings (SSSR count). The van der Waals surface area contributed by atoms with E-state index in [0.29, 0.717) is 5.13 Å². The highest BCUT2D eigenvalue weighted by atomic mass is 32.1. The van der Waals surface area contributed by atoms with Gasteiger partial charge in [-0.15, -0.1) is 0 Å². The van der Waals surface area contributed by atoms with E-state index < -0.39 is 5.97 Å². The molecule has 0 radical (unpaired) electrons. The molecule has 0 aliphatic heterocycles. The summed E-state index contributed by atoms with van der Waals surface area (Å²) in [7, 11) is 0. The normalized spacial score (nSPS) is 10.6. The number of fused-ring (bicyclic) bond motifs is 1. The molecule has 0 aliphatic carbocycles. The first-order valence-electron chi connectivity index (χ1n) is 5.92. The summed E-state index contributed by atoms with van der Waals surface area (Å²) < 4.78 is 1.02. The number of carbonyl (C=O) groups is 2. The number of carboxylic acid groups (broad SMARTS) is 1. The van der Waals surface area contributed by atoms with Gasteiger partial charge in [0.2, 0.25) is 5.91 Å². The third-order valence-electron chi connectivity index (χ3n) is 2.65. The maximum atomic E-state index is 11.6. The number of nitrogens with one attached hydrogen (secondary N) is 1. The summed E-state index contributed by atoms with van der Waals surface area (Å²) in [6.45, 7) is 1.97. The number of hydrogen-bond acceptors (Lipinski definition) is 5. The van der Waals surface area contributed by atoms with Crippen molar-refractivity contribution >= 4 is 38.6 Å². The summed E-state index contributed by atoms with van der Waals surface area (Å²) in [5.74, 6) is -1.36. The van der Waals surface area contributed by atoms with Crippen LogP contribution in [0.2, 0.25) is 0 Å². The Morgan fingerprint density at radius 2 is 2.16 bits per heavy atom. The predicted molar refractivity (Wildman–Crippen MR) is 71.8 cm³/mol. The number of carboxylic acids is 1. The van der Waals surface area contributed by atoms with Crippen LogP contribution in [0.25, 0.3) is 10.2 Å². The number of nitrogens with zero attached hydrogens (tertiary/aromatic N) is 1. The third-order valence-corrected chi connectivity index (χ3v) is 3.59. The van der Waals surface area contributed by atoms with E-state index in [1.807, 2.05) is 25.1 Å². The van der Waals surface area contributed by atoms with E-state index in [9.17, 15) is 14.7 Å². The van der Waals surface area contributed by atoms with E-state index in [0.717, 1.165) is 15.8 Å². The monoisotopic (exact) mass is 277 g/mol. The summed E-state index contributed by atoms with van der Waals surface area (Å²) >= 11 is 1.41. The third kappa shape index (κ3) is 3.51. The molecule has 1 amide bonds. The van der Waals surface area contributed by atoms with Gasteiger partial charge in [-0.05, 0) is 31.4 Å². The number of carbonyl (C=O) groups excluding carboxylic acids is 2. The van der Waals surface area contributed by atoms with Crippen molar-refractivity contribution in [3.05, 3.63) is 23.8 Å². The van der Waals surface area contributed by atoms with Crippen molar-refractivity contribution in [2.24, 2.45) is 0 Å². The summed E-state index contributed by atoms with van der Waals surface area (Å²) in [6.07, 6.45) is 0.327. The van der Waals surface area contributed by atoms with Gasteiger partial charge < -0.3 is 15.2 Å². The Morgan fingerprint density at radius 3 is 2.84 bits per heavy atom. The van der Waals surface area contributed by atoms with Crippen LogP contribution in [0.15, 0.2) is 18.2 Å². The predicted octanol–water partition coefficient (Wildman–Crippen LogP) is 1.46.